The second kappa shape index (κ2) is 9.84. The fourth-order valence-electron chi connectivity index (χ4n) is 4.18. The smallest absolute Gasteiger partial charge is 0.0108 e. The Kier molecular flexibility index (Phi) is 8.89. The van der Waals surface area contributed by atoms with Crippen molar-refractivity contribution >= 4 is 0 Å². The Balaban J connectivity index is 2.55. The minimum atomic E-state index is 0.707. The highest BCUT2D eigenvalue weighted by Crippen LogP contribution is 2.33. The monoisotopic (exact) mass is 296 g/mol. The van der Waals surface area contributed by atoms with E-state index in [2.05, 4.69) is 51.9 Å². The molecule has 1 saturated carbocycles. The minimum Gasteiger partial charge on any atom is -0.314 e. The third-order valence-electron chi connectivity index (χ3n) is 5.34. The predicted octanol–water partition coefficient (Wildman–Crippen LogP) is 4.55. The van der Waals surface area contributed by atoms with Gasteiger partial charge in [0, 0.05) is 18.6 Å². The van der Waals surface area contributed by atoms with E-state index in [0.29, 0.717) is 6.04 Å². The van der Waals surface area contributed by atoms with Crippen LogP contribution in [0.15, 0.2) is 0 Å². The molecule has 21 heavy (non-hydrogen) atoms. The highest BCUT2D eigenvalue weighted by Gasteiger charge is 2.31. The lowest BCUT2D eigenvalue weighted by Crippen LogP contribution is -2.46. The van der Waals surface area contributed by atoms with Crippen molar-refractivity contribution in [1.82, 2.24) is 10.2 Å². The van der Waals surface area contributed by atoms with Crippen molar-refractivity contribution in [3.63, 3.8) is 0 Å². The Labute approximate surface area is 134 Å². The highest BCUT2D eigenvalue weighted by molar-refractivity contribution is 4.86. The summed E-state index contributed by atoms with van der Waals surface area (Å²) in [4.78, 5) is 2.61. The summed E-state index contributed by atoms with van der Waals surface area (Å²) in [5, 5.41) is 3.76. The third kappa shape index (κ3) is 6.69. The average molecular weight is 297 g/mol. The molecule has 0 amide bonds. The third-order valence-corrected chi connectivity index (χ3v) is 5.34. The zero-order valence-corrected chi connectivity index (χ0v) is 15.5. The van der Waals surface area contributed by atoms with Gasteiger partial charge in [0.15, 0.2) is 0 Å². The van der Waals surface area contributed by atoms with Crippen LogP contribution in [0.5, 0.6) is 0 Å². The maximum absolute atomic E-state index is 3.76. The molecule has 0 heterocycles. The molecule has 4 unspecified atom stereocenters. The van der Waals surface area contributed by atoms with Gasteiger partial charge >= 0.3 is 0 Å². The quantitative estimate of drug-likeness (QED) is 0.671. The van der Waals surface area contributed by atoms with E-state index in [1.165, 1.54) is 45.1 Å². The van der Waals surface area contributed by atoms with Crippen LogP contribution in [0.25, 0.3) is 0 Å². The largest absolute Gasteiger partial charge is 0.314 e. The SMILES string of the molecule is CCCC1CCC(NCC)C(CN(C)C(C)CC(C)C)C1. The van der Waals surface area contributed by atoms with Gasteiger partial charge in [-0.15, -0.1) is 0 Å². The molecule has 0 aliphatic heterocycles. The molecule has 0 aromatic heterocycles. The average Bonchev–Trinajstić information content (AvgIpc) is 2.41. The normalized spacial score (nSPS) is 28.3. The zero-order chi connectivity index (χ0) is 15.8. The second-order valence-corrected chi connectivity index (χ2v) is 7.81. The van der Waals surface area contributed by atoms with Crippen molar-refractivity contribution in [3.8, 4) is 0 Å². The summed E-state index contributed by atoms with van der Waals surface area (Å²) >= 11 is 0. The Morgan fingerprint density at radius 1 is 1.14 bits per heavy atom. The van der Waals surface area contributed by atoms with E-state index in [9.17, 15) is 0 Å². The predicted molar refractivity (Wildman–Crippen MR) is 94.8 cm³/mol. The maximum atomic E-state index is 3.76. The molecule has 0 bridgehead atoms. The molecule has 0 spiro atoms. The molecule has 0 aromatic carbocycles. The lowest BCUT2D eigenvalue weighted by Gasteiger charge is -2.40. The van der Waals surface area contributed by atoms with Crippen LogP contribution >= 0.6 is 0 Å². The first-order chi connectivity index (χ1) is 9.97. The molecule has 1 N–H and O–H groups in total. The number of hydrogen-bond acceptors (Lipinski definition) is 2. The Morgan fingerprint density at radius 3 is 2.43 bits per heavy atom. The van der Waals surface area contributed by atoms with Gasteiger partial charge in [-0.1, -0.05) is 40.5 Å². The summed E-state index contributed by atoms with van der Waals surface area (Å²) in [6.45, 7) is 14.0. The lowest BCUT2D eigenvalue weighted by atomic mass is 9.76. The molecule has 2 heteroatoms. The Bertz CT molecular complexity index is 264. The second-order valence-electron chi connectivity index (χ2n) is 7.81. The van der Waals surface area contributed by atoms with Gasteiger partial charge in [-0.3, -0.25) is 0 Å². The fourth-order valence-corrected chi connectivity index (χ4v) is 4.18. The summed E-state index contributed by atoms with van der Waals surface area (Å²) in [7, 11) is 2.33. The van der Waals surface area contributed by atoms with Gasteiger partial charge in [-0.25, -0.2) is 0 Å². The first kappa shape index (κ1) is 19.0. The molecule has 1 aliphatic carbocycles. The fraction of sp³-hybridized carbons (Fsp3) is 1.00. The molecular weight excluding hydrogens is 256 g/mol. The van der Waals surface area contributed by atoms with E-state index < -0.39 is 0 Å². The van der Waals surface area contributed by atoms with E-state index in [1.807, 2.05) is 0 Å². The first-order valence-corrected chi connectivity index (χ1v) is 9.41. The van der Waals surface area contributed by atoms with Crippen LogP contribution in [0.4, 0.5) is 0 Å². The lowest BCUT2D eigenvalue weighted by molar-refractivity contribution is 0.124. The summed E-state index contributed by atoms with van der Waals surface area (Å²) in [6.07, 6.45) is 8.35. The molecule has 2 nitrogen and oxygen atoms in total. The van der Waals surface area contributed by atoms with Gasteiger partial charge in [-0.2, -0.15) is 0 Å². The maximum Gasteiger partial charge on any atom is 0.0108 e. The Morgan fingerprint density at radius 2 is 1.86 bits per heavy atom. The van der Waals surface area contributed by atoms with Crippen LogP contribution in [0.3, 0.4) is 0 Å². The van der Waals surface area contributed by atoms with Gasteiger partial charge < -0.3 is 10.2 Å². The van der Waals surface area contributed by atoms with E-state index in [0.717, 1.165) is 30.3 Å². The van der Waals surface area contributed by atoms with Gasteiger partial charge in [0.05, 0.1) is 0 Å². The van der Waals surface area contributed by atoms with Crippen LogP contribution in [0.1, 0.15) is 73.1 Å². The first-order valence-electron chi connectivity index (χ1n) is 9.41. The molecule has 1 fully saturated rings. The number of nitrogens with zero attached hydrogens (tertiary/aromatic N) is 1. The molecule has 126 valence electrons. The van der Waals surface area contributed by atoms with Crippen LogP contribution in [-0.4, -0.2) is 37.1 Å². The molecule has 1 rings (SSSR count). The standard InChI is InChI=1S/C19H40N2/c1-7-9-17-10-11-19(20-8-2)18(13-17)14-21(6)16(5)12-15(3)4/h15-20H,7-14H2,1-6H3. The van der Waals surface area contributed by atoms with Crippen molar-refractivity contribution in [2.45, 2.75) is 85.2 Å². The van der Waals surface area contributed by atoms with E-state index in [4.69, 9.17) is 0 Å². The summed E-state index contributed by atoms with van der Waals surface area (Å²) in [5.41, 5.74) is 0. The summed E-state index contributed by atoms with van der Waals surface area (Å²) < 4.78 is 0. The zero-order valence-electron chi connectivity index (χ0n) is 15.5. The van der Waals surface area contributed by atoms with Crippen molar-refractivity contribution in [2.75, 3.05) is 20.1 Å². The number of hydrogen-bond donors (Lipinski definition) is 1. The molecule has 0 radical (unpaired) electrons. The van der Waals surface area contributed by atoms with E-state index >= 15 is 0 Å². The van der Waals surface area contributed by atoms with Crippen molar-refractivity contribution in [1.29, 1.82) is 0 Å². The van der Waals surface area contributed by atoms with Crippen LogP contribution in [0.2, 0.25) is 0 Å². The minimum absolute atomic E-state index is 0.707. The molecular formula is C19H40N2. The van der Waals surface area contributed by atoms with Crippen LogP contribution in [-0.2, 0) is 0 Å². The van der Waals surface area contributed by atoms with Crippen LogP contribution < -0.4 is 5.32 Å². The number of rotatable bonds is 9. The van der Waals surface area contributed by atoms with Crippen molar-refractivity contribution in [2.24, 2.45) is 17.8 Å². The van der Waals surface area contributed by atoms with Crippen molar-refractivity contribution < 1.29 is 0 Å². The summed E-state index contributed by atoms with van der Waals surface area (Å²) in [6, 6.07) is 1.45. The molecule has 4 atom stereocenters. The van der Waals surface area contributed by atoms with E-state index in [-0.39, 0.29) is 0 Å². The summed E-state index contributed by atoms with van der Waals surface area (Å²) in [5.74, 6) is 2.62. The topological polar surface area (TPSA) is 15.3 Å². The van der Waals surface area contributed by atoms with Crippen LogP contribution in [0, 0.1) is 17.8 Å². The highest BCUT2D eigenvalue weighted by atomic mass is 15.1. The van der Waals surface area contributed by atoms with Gasteiger partial charge in [0.2, 0.25) is 0 Å². The molecule has 1 aliphatic rings. The Hall–Kier alpha value is -0.0800. The van der Waals surface area contributed by atoms with Gasteiger partial charge in [0.25, 0.3) is 0 Å². The van der Waals surface area contributed by atoms with E-state index in [1.54, 1.807) is 0 Å². The van der Waals surface area contributed by atoms with Crippen molar-refractivity contribution in [3.05, 3.63) is 0 Å². The number of nitrogens with one attached hydrogen (secondary N) is 1. The van der Waals surface area contributed by atoms with Gasteiger partial charge in [-0.05, 0) is 64.0 Å². The molecule has 0 aromatic rings. The van der Waals surface area contributed by atoms with Gasteiger partial charge in [0.1, 0.15) is 0 Å². The molecule has 0 saturated heterocycles.